The zero-order chi connectivity index (χ0) is 24.0. The second kappa shape index (κ2) is 10.7. The topological polar surface area (TPSA) is 75.7 Å². The number of carbonyl (C=O) groups excluding carboxylic acids is 1. The van der Waals surface area contributed by atoms with Gasteiger partial charge in [-0.3, -0.25) is 9.10 Å². The molecular weight excluding hydrogens is 460 g/mol. The summed E-state index contributed by atoms with van der Waals surface area (Å²) in [4.78, 5) is 12.8. The molecule has 0 saturated heterocycles. The van der Waals surface area contributed by atoms with Gasteiger partial charge in [-0.05, 0) is 66.1 Å². The number of halogens is 1. The number of carbonyl (C=O) groups is 1. The number of methoxy groups -OCH3 is 1. The molecule has 1 unspecified atom stereocenters. The van der Waals surface area contributed by atoms with Crippen molar-refractivity contribution in [1.29, 1.82) is 0 Å². The fourth-order valence-corrected chi connectivity index (χ4v) is 4.45. The molecule has 0 aliphatic heterocycles. The Bertz CT molecular complexity index is 1180. The Hall–Kier alpha value is -3.03. The minimum Gasteiger partial charge on any atom is -0.497 e. The van der Waals surface area contributed by atoms with E-state index < -0.39 is 10.0 Å². The van der Waals surface area contributed by atoms with Crippen LogP contribution in [0.2, 0.25) is 5.02 Å². The quantitative estimate of drug-likeness (QED) is 0.451. The summed E-state index contributed by atoms with van der Waals surface area (Å²) in [5.41, 5.74) is 2.71. The third kappa shape index (κ3) is 6.49. The van der Waals surface area contributed by atoms with Crippen LogP contribution in [0.25, 0.3) is 0 Å². The van der Waals surface area contributed by atoms with Crippen molar-refractivity contribution >= 4 is 33.2 Å². The highest BCUT2D eigenvalue weighted by molar-refractivity contribution is 7.92. The molecular formula is C25H27ClN2O4S. The number of benzene rings is 3. The van der Waals surface area contributed by atoms with Crippen LogP contribution in [-0.4, -0.2) is 27.7 Å². The van der Waals surface area contributed by atoms with Crippen molar-refractivity contribution in [1.82, 2.24) is 5.32 Å². The van der Waals surface area contributed by atoms with Crippen molar-refractivity contribution in [2.75, 3.05) is 17.7 Å². The third-order valence-corrected chi connectivity index (χ3v) is 6.68. The Balaban J connectivity index is 1.76. The van der Waals surface area contributed by atoms with E-state index >= 15 is 0 Å². The predicted molar refractivity (Wildman–Crippen MR) is 132 cm³/mol. The van der Waals surface area contributed by atoms with Crippen molar-refractivity contribution in [3.05, 3.63) is 94.5 Å². The van der Waals surface area contributed by atoms with Gasteiger partial charge in [0.25, 0.3) is 5.91 Å². The zero-order valence-electron chi connectivity index (χ0n) is 18.8. The molecule has 0 saturated carbocycles. The van der Waals surface area contributed by atoms with Gasteiger partial charge in [0.1, 0.15) is 5.75 Å². The molecule has 0 fully saturated rings. The van der Waals surface area contributed by atoms with Crippen molar-refractivity contribution < 1.29 is 17.9 Å². The second-order valence-electron chi connectivity index (χ2n) is 7.65. The molecule has 3 aromatic rings. The summed E-state index contributed by atoms with van der Waals surface area (Å²) in [5.74, 6) is 0.525. The molecule has 1 atom stereocenters. The first-order valence-corrected chi connectivity index (χ1v) is 12.7. The monoisotopic (exact) mass is 486 g/mol. The molecule has 0 aliphatic rings. The first kappa shape index (κ1) is 24.6. The molecule has 8 heteroatoms. The summed E-state index contributed by atoms with van der Waals surface area (Å²) in [5, 5.41) is 3.62. The molecule has 0 radical (unpaired) electrons. The van der Waals surface area contributed by atoms with Gasteiger partial charge in [0.15, 0.2) is 0 Å². The van der Waals surface area contributed by atoms with Crippen molar-refractivity contribution in [3.8, 4) is 5.75 Å². The number of nitrogens with one attached hydrogen (secondary N) is 1. The van der Waals surface area contributed by atoms with E-state index in [0.29, 0.717) is 16.3 Å². The van der Waals surface area contributed by atoms with Crippen molar-refractivity contribution in [2.45, 2.75) is 25.9 Å². The maximum atomic E-state index is 12.8. The normalized spacial score (nSPS) is 12.1. The van der Waals surface area contributed by atoms with Crippen LogP contribution >= 0.6 is 11.6 Å². The van der Waals surface area contributed by atoms with Gasteiger partial charge in [-0.15, -0.1) is 0 Å². The van der Waals surface area contributed by atoms with Gasteiger partial charge in [-0.2, -0.15) is 0 Å². The summed E-state index contributed by atoms with van der Waals surface area (Å²) < 4.78 is 31.3. The maximum absolute atomic E-state index is 12.8. The molecule has 6 nitrogen and oxygen atoms in total. The van der Waals surface area contributed by atoms with Gasteiger partial charge in [-0.1, -0.05) is 42.8 Å². The van der Waals surface area contributed by atoms with Gasteiger partial charge < -0.3 is 10.1 Å². The highest BCUT2D eigenvalue weighted by atomic mass is 35.5. The van der Waals surface area contributed by atoms with Crippen LogP contribution < -0.4 is 14.4 Å². The van der Waals surface area contributed by atoms with Crippen LogP contribution in [0.1, 0.15) is 40.9 Å². The maximum Gasteiger partial charge on any atom is 0.251 e. The van der Waals surface area contributed by atoms with E-state index in [2.05, 4.69) is 5.32 Å². The Morgan fingerprint density at radius 2 is 1.61 bits per heavy atom. The first-order chi connectivity index (χ1) is 15.7. The van der Waals surface area contributed by atoms with Gasteiger partial charge in [0, 0.05) is 10.6 Å². The summed E-state index contributed by atoms with van der Waals surface area (Å²) >= 11 is 5.93. The number of rotatable bonds is 9. The third-order valence-electron chi connectivity index (χ3n) is 5.29. The zero-order valence-corrected chi connectivity index (χ0v) is 20.4. The lowest BCUT2D eigenvalue weighted by molar-refractivity contribution is 0.0935. The van der Waals surface area contributed by atoms with E-state index in [4.69, 9.17) is 16.3 Å². The lowest BCUT2D eigenvalue weighted by Crippen LogP contribution is -2.30. The van der Waals surface area contributed by atoms with E-state index in [1.807, 2.05) is 31.2 Å². The summed E-state index contributed by atoms with van der Waals surface area (Å²) in [7, 11) is -1.93. The van der Waals surface area contributed by atoms with Crippen LogP contribution in [0.5, 0.6) is 5.75 Å². The second-order valence-corrected chi connectivity index (χ2v) is 9.99. The fraction of sp³-hybridized carbons (Fsp3) is 0.240. The Labute approximate surface area is 200 Å². The van der Waals surface area contributed by atoms with Crippen LogP contribution in [-0.2, 0) is 16.6 Å². The number of nitrogens with zero attached hydrogens (tertiary/aromatic N) is 1. The highest BCUT2D eigenvalue weighted by Gasteiger charge is 2.19. The molecule has 33 heavy (non-hydrogen) atoms. The van der Waals surface area contributed by atoms with Crippen LogP contribution in [0.4, 0.5) is 5.69 Å². The molecule has 174 valence electrons. The number of amides is 1. The summed E-state index contributed by atoms with van der Waals surface area (Å²) in [6, 6.07) is 21.0. The van der Waals surface area contributed by atoms with E-state index in [9.17, 15) is 13.2 Å². The molecule has 0 spiro atoms. The standard InChI is InChI=1S/C25H27ClN2O4S/c1-4-24(19-9-15-23(32-2)16-10-19)27-25(29)20-7-13-22(14-8-20)28(33(3,30)31)17-18-5-11-21(26)12-6-18/h5-16,24H,4,17H2,1-3H3,(H,27,29). The Morgan fingerprint density at radius 1 is 1.00 bits per heavy atom. The predicted octanol–water partition coefficient (Wildman–Crippen LogP) is 5.20. The van der Waals surface area contributed by atoms with Gasteiger partial charge in [-0.25, -0.2) is 8.42 Å². The lowest BCUT2D eigenvalue weighted by atomic mass is 10.0. The number of anilines is 1. The van der Waals surface area contributed by atoms with Crippen LogP contribution in [0.3, 0.4) is 0 Å². The average Bonchev–Trinajstić information content (AvgIpc) is 2.81. The smallest absolute Gasteiger partial charge is 0.251 e. The largest absolute Gasteiger partial charge is 0.497 e. The molecule has 3 aromatic carbocycles. The summed E-state index contributed by atoms with van der Waals surface area (Å²) in [6.07, 6.45) is 1.88. The molecule has 3 rings (SSSR count). The van der Waals surface area contributed by atoms with E-state index in [1.165, 1.54) is 4.31 Å². The molecule has 1 amide bonds. The minimum absolute atomic E-state index is 0.152. The Kier molecular flexibility index (Phi) is 8.00. The molecule has 0 aromatic heterocycles. The van der Waals surface area contributed by atoms with Crippen molar-refractivity contribution in [3.63, 3.8) is 0 Å². The van der Waals surface area contributed by atoms with E-state index in [0.717, 1.165) is 29.6 Å². The fourth-order valence-electron chi connectivity index (χ4n) is 3.43. The minimum atomic E-state index is -3.53. The van der Waals surface area contributed by atoms with Crippen molar-refractivity contribution in [2.24, 2.45) is 0 Å². The van der Waals surface area contributed by atoms with Crippen LogP contribution in [0, 0.1) is 0 Å². The number of ether oxygens (including phenoxy) is 1. The van der Waals surface area contributed by atoms with Gasteiger partial charge in [0.05, 0.1) is 31.6 Å². The average molecular weight is 487 g/mol. The van der Waals surface area contributed by atoms with E-state index in [-0.39, 0.29) is 18.5 Å². The van der Waals surface area contributed by atoms with Gasteiger partial charge >= 0.3 is 0 Å². The van der Waals surface area contributed by atoms with Gasteiger partial charge in [0.2, 0.25) is 10.0 Å². The molecule has 0 aliphatic carbocycles. The highest BCUT2D eigenvalue weighted by Crippen LogP contribution is 2.24. The number of hydrogen-bond acceptors (Lipinski definition) is 4. The molecule has 1 N–H and O–H groups in total. The SMILES string of the molecule is CCC(NC(=O)c1ccc(N(Cc2ccc(Cl)cc2)S(C)(=O)=O)cc1)c1ccc(OC)cc1. The lowest BCUT2D eigenvalue weighted by Gasteiger charge is -2.23. The molecule has 0 bridgehead atoms. The number of sulfonamides is 1. The number of hydrogen-bond donors (Lipinski definition) is 1. The Morgan fingerprint density at radius 3 is 2.12 bits per heavy atom. The first-order valence-electron chi connectivity index (χ1n) is 10.5. The summed E-state index contributed by atoms with van der Waals surface area (Å²) in [6.45, 7) is 2.16. The van der Waals surface area contributed by atoms with Crippen LogP contribution in [0.15, 0.2) is 72.8 Å². The van der Waals surface area contributed by atoms with E-state index in [1.54, 1.807) is 55.6 Å². The molecule has 0 heterocycles.